The van der Waals surface area contributed by atoms with Gasteiger partial charge in [0.2, 0.25) is 5.91 Å². The smallest absolute Gasteiger partial charge is 0.231 e. The molecule has 0 unspecified atom stereocenters. The lowest BCUT2D eigenvalue weighted by Gasteiger charge is -2.33. The Balaban J connectivity index is 1.91. The highest BCUT2D eigenvalue weighted by atomic mass is 16.4. The number of allylic oxidation sites excluding steroid dienone is 2. The van der Waals surface area contributed by atoms with Crippen molar-refractivity contribution >= 4 is 17.6 Å². The molecule has 1 aliphatic carbocycles. The number of amides is 1. The standard InChI is InChI=1S/C18H21NO3/c20-17(14-9-2-3-10-15(14)18(21)22)19-12-6-5-8-13-7-1-4-11-16(13)19/h1-4,7,11,14-15H,5-6,8-10,12H2,(H,21,22)/p-1/t14-,15+/m1/s1. The molecule has 0 N–H and O–H groups in total. The first-order valence-electron chi connectivity index (χ1n) is 7.93. The number of aryl methyl sites for hydroxylation is 1. The fourth-order valence-corrected chi connectivity index (χ4v) is 3.47. The van der Waals surface area contributed by atoms with E-state index < -0.39 is 17.8 Å². The number of carboxylic acid groups (broad SMARTS) is 1. The molecule has 1 amide bonds. The van der Waals surface area contributed by atoms with Gasteiger partial charge in [-0.2, -0.15) is 0 Å². The highest BCUT2D eigenvalue weighted by molar-refractivity contribution is 5.98. The summed E-state index contributed by atoms with van der Waals surface area (Å²) >= 11 is 0. The third-order valence-electron chi connectivity index (χ3n) is 4.68. The van der Waals surface area contributed by atoms with Crippen molar-refractivity contribution in [2.24, 2.45) is 11.8 Å². The minimum atomic E-state index is -1.12. The zero-order valence-corrected chi connectivity index (χ0v) is 12.5. The molecule has 0 spiro atoms. The summed E-state index contributed by atoms with van der Waals surface area (Å²) in [5.41, 5.74) is 2.11. The lowest BCUT2D eigenvalue weighted by atomic mass is 9.82. The van der Waals surface area contributed by atoms with Gasteiger partial charge in [0.1, 0.15) is 0 Å². The van der Waals surface area contributed by atoms with Crippen LogP contribution in [0.3, 0.4) is 0 Å². The molecule has 116 valence electrons. The van der Waals surface area contributed by atoms with Crippen LogP contribution in [0.1, 0.15) is 31.2 Å². The number of anilines is 1. The Kier molecular flexibility index (Phi) is 4.27. The number of fused-ring (bicyclic) bond motifs is 1. The Morgan fingerprint density at radius 3 is 2.55 bits per heavy atom. The first-order chi connectivity index (χ1) is 10.7. The van der Waals surface area contributed by atoms with Gasteiger partial charge < -0.3 is 14.8 Å². The molecule has 4 heteroatoms. The fourth-order valence-electron chi connectivity index (χ4n) is 3.47. The van der Waals surface area contributed by atoms with Crippen LogP contribution in [0, 0.1) is 11.8 Å². The number of nitrogens with zero attached hydrogens (tertiary/aromatic N) is 1. The summed E-state index contributed by atoms with van der Waals surface area (Å²) in [5, 5.41) is 11.3. The maximum absolute atomic E-state index is 13.0. The average molecular weight is 298 g/mol. The van der Waals surface area contributed by atoms with Gasteiger partial charge >= 0.3 is 0 Å². The van der Waals surface area contributed by atoms with E-state index in [1.165, 1.54) is 5.56 Å². The van der Waals surface area contributed by atoms with Gasteiger partial charge in [-0.15, -0.1) is 0 Å². The summed E-state index contributed by atoms with van der Waals surface area (Å²) in [4.78, 5) is 26.1. The van der Waals surface area contributed by atoms with Gasteiger partial charge in [-0.1, -0.05) is 30.4 Å². The monoisotopic (exact) mass is 298 g/mol. The third kappa shape index (κ3) is 2.78. The van der Waals surface area contributed by atoms with Crippen LogP contribution >= 0.6 is 0 Å². The van der Waals surface area contributed by atoms with Gasteiger partial charge in [0.25, 0.3) is 0 Å². The summed E-state index contributed by atoms with van der Waals surface area (Å²) in [7, 11) is 0. The summed E-state index contributed by atoms with van der Waals surface area (Å²) in [5.74, 6) is -2.42. The number of carbonyl (C=O) groups excluding carboxylic acids is 2. The summed E-state index contributed by atoms with van der Waals surface area (Å²) < 4.78 is 0. The highest BCUT2D eigenvalue weighted by Crippen LogP contribution is 2.32. The molecule has 22 heavy (non-hydrogen) atoms. The minimum absolute atomic E-state index is 0.0760. The number of hydrogen-bond acceptors (Lipinski definition) is 3. The lowest BCUT2D eigenvalue weighted by Crippen LogP contribution is -2.45. The van der Waals surface area contributed by atoms with E-state index >= 15 is 0 Å². The second kappa shape index (κ2) is 6.34. The molecular weight excluding hydrogens is 278 g/mol. The Labute approximate surface area is 130 Å². The van der Waals surface area contributed by atoms with E-state index in [0.717, 1.165) is 24.9 Å². The average Bonchev–Trinajstić information content (AvgIpc) is 2.76. The number of benzene rings is 1. The van der Waals surface area contributed by atoms with Crippen molar-refractivity contribution in [2.75, 3.05) is 11.4 Å². The third-order valence-corrected chi connectivity index (χ3v) is 4.68. The van der Waals surface area contributed by atoms with Gasteiger partial charge in [-0.3, -0.25) is 4.79 Å². The highest BCUT2D eigenvalue weighted by Gasteiger charge is 2.34. The molecule has 0 aromatic heterocycles. The minimum Gasteiger partial charge on any atom is -0.550 e. The van der Waals surface area contributed by atoms with E-state index in [1.807, 2.05) is 30.4 Å². The molecule has 0 saturated carbocycles. The molecule has 1 aliphatic heterocycles. The van der Waals surface area contributed by atoms with Gasteiger partial charge in [0, 0.05) is 24.1 Å². The Morgan fingerprint density at radius 1 is 1.05 bits per heavy atom. The molecule has 3 rings (SSSR count). The number of rotatable bonds is 2. The summed E-state index contributed by atoms with van der Waals surface area (Å²) in [6.07, 6.45) is 7.57. The van der Waals surface area contributed by atoms with Crippen molar-refractivity contribution in [3.05, 3.63) is 42.0 Å². The van der Waals surface area contributed by atoms with Crippen LogP contribution in [0.5, 0.6) is 0 Å². The molecule has 4 nitrogen and oxygen atoms in total. The largest absolute Gasteiger partial charge is 0.550 e. The second-order valence-corrected chi connectivity index (χ2v) is 6.05. The molecule has 2 atom stereocenters. The number of carbonyl (C=O) groups is 2. The van der Waals surface area contributed by atoms with Gasteiger partial charge in [-0.05, 0) is 43.7 Å². The van der Waals surface area contributed by atoms with Gasteiger partial charge in [0.15, 0.2) is 0 Å². The first-order valence-corrected chi connectivity index (χ1v) is 7.93. The fraction of sp³-hybridized carbons (Fsp3) is 0.444. The van der Waals surface area contributed by atoms with E-state index in [4.69, 9.17) is 0 Å². The first kappa shape index (κ1) is 14.8. The predicted octanol–water partition coefficient (Wildman–Crippen LogP) is 1.69. The Bertz CT molecular complexity index is 608. The predicted molar refractivity (Wildman–Crippen MR) is 82.1 cm³/mol. The van der Waals surface area contributed by atoms with E-state index in [2.05, 4.69) is 6.07 Å². The van der Waals surface area contributed by atoms with Crippen LogP contribution in [0.25, 0.3) is 0 Å². The van der Waals surface area contributed by atoms with Gasteiger partial charge in [-0.25, -0.2) is 0 Å². The maximum atomic E-state index is 13.0. The van der Waals surface area contributed by atoms with Crippen molar-refractivity contribution in [1.29, 1.82) is 0 Å². The number of aliphatic carboxylic acids is 1. The quantitative estimate of drug-likeness (QED) is 0.781. The van der Waals surface area contributed by atoms with E-state index in [1.54, 1.807) is 4.90 Å². The van der Waals surface area contributed by atoms with Crippen molar-refractivity contribution in [3.8, 4) is 0 Å². The molecule has 1 aromatic rings. The SMILES string of the molecule is O=C([O-])[C@H]1CC=CC[C@H]1C(=O)N1CCCCc2ccccc21. The van der Waals surface area contributed by atoms with Crippen molar-refractivity contribution < 1.29 is 14.7 Å². The topological polar surface area (TPSA) is 60.4 Å². The normalized spacial score (nSPS) is 24.5. The van der Waals surface area contributed by atoms with Crippen LogP contribution in [0.15, 0.2) is 36.4 Å². The van der Waals surface area contributed by atoms with Crippen LogP contribution in [-0.2, 0) is 16.0 Å². The Morgan fingerprint density at radius 2 is 1.77 bits per heavy atom. The molecule has 0 saturated heterocycles. The Hall–Kier alpha value is -2.10. The molecule has 2 aliphatic rings. The second-order valence-electron chi connectivity index (χ2n) is 6.05. The van der Waals surface area contributed by atoms with Crippen molar-refractivity contribution in [2.45, 2.75) is 32.1 Å². The molecular formula is C18H20NO3-. The number of para-hydroxylation sites is 1. The van der Waals surface area contributed by atoms with Crippen LogP contribution < -0.4 is 10.0 Å². The summed E-state index contributed by atoms with van der Waals surface area (Å²) in [6, 6.07) is 7.94. The van der Waals surface area contributed by atoms with Crippen LogP contribution in [0.2, 0.25) is 0 Å². The van der Waals surface area contributed by atoms with E-state index in [0.29, 0.717) is 19.4 Å². The molecule has 0 radical (unpaired) electrons. The van der Waals surface area contributed by atoms with Gasteiger partial charge in [0.05, 0.1) is 5.92 Å². The van der Waals surface area contributed by atoms with Crippen molar-refractivity contribution in [1.82, 2.24) is 0 Å². The summed E-state index contributed by atoms with van der Waals surface area (Å²) in [6.45, 7) is 0.663. The zero-order chi connectivity index (χ0) is 15.5. The van der Waals surface area contributed by atoms with Crippen molar-refractivity contribution in [3.63, 3.8) is 0 Å². The molecule has 1 aromatic carbocycles. The number of carboxylic acids is 1. The van der Waals surface area contributed by atoms with E-state index in [9.17, 15) is 14.7 Å². The van der Waals surface area contributed by atoms with Crippen LogP contribution in [-0.4, -0.2) is 18.4 Å². The molecule has 0 bridgehead atoms. The maximum Gasteiger partial charge on any atom is 0.231 e. The molecule has 0 fully saturated rings. The lowest BCUT2D eigenvalue weighted by molar-refractivity contribution is -0.313. The van der Waals surface area contributed by atoms with E-state index in [-0.39, 0.29) is 5.91 Å². The van der Waals surface area contributed by atoms with Crippen LogP contribution in [0.4, 0.5) is 5.69 Å². The number of hydrogen-bond donors (Lipinski definition) is 0. The molecule has 1 heterocycles. The zero-order valence-electron chi connectivity index (χ0n) is 12.5.